The Morgan fingerprint density at radius 2 is 2.05 bits per heavy atom. The van der Waals surface area contributed by atoms with Gasteiger partial charge in [0.05, 0.1) is 11.0 Å². The van der Waals surface area contributed by atoms with E-state index in [0.29, 0.717) is 22.7 Å². The molecular weight excluding hydrogens is 276 g/mol. The Bertz CT molecular complexity index is 671. The number of nitrogens with one attached hydrogen (secondary N) is 2. The van der Waals surface area contributed by atoms with E-state index in [2.05, 4.69) is 15.3 Å². The Kier molecular flexibility index (Phi) is 2.72. The van der Waals surface area contributed by atoms with Gasteiger partial charge in [0, 0.05) is 31.2 Å². The van der Waals surface area contributed by atoms with Crippen LogP contribution >= 0.6 is 11.6 Å². The van der Waals surface area contributed by atoms with E-state index in [9.17, 15) is 4.79 Å². The molecule has 2 atom stereocenters. The number of carbonyl (C=O) groups excluding carboxylic acids is 1. The van der Waals surface area contributed by atoms with E-state index in [1.54, 1.807) is 12.1 Å². The third-order valence-electron chi connectivity index (χ3n) is 4.32. The van der Waals surface area contributed by atoms with Crippen LogP contribution in [0.25, 0.3) is 11.0 Å². The molecule has 0 unspecified atom stereocenters. The number of hydrogen-bond acceptors (Lipinski definition) is 3. The highest BCUT2D eigenvalue weighted by molar-refractivity contribution is 6.31. The molecule has 2 saturated heterocycles. The average Bonchev–Trinajstić information content (AvgIpc) is 3.10. The number of fused-ring (bicyclic) bond motifs is 2. The summed E-state index contributed by atoms with van der Waals surface area (Å²) in [5, 5.41) is 4.02. The van der Waals surface area contributed by atoms with Gasteiger partial charge in [-0.15, -0.1) is 0 Å². The van der Waals surface area contributed by atoms with Crippen molar-refractivity contribution in [3.05, 3.63) is 29.0 Å². The normalized spacial score (nSPS) is 25.4. The van der Waals surface area contributed by atoms with Gasteiger partial charge in [-0.05, 0) is 30.0 Å². The maximum atomic E-state index is 12.5. The standard InChI is InChI=1S/C14H15ClN4O/c15-10-1-2-11-12(3-10)18-13(17-11)14(20)19-6-8-4-16-5-9(8)7-19/h1-3,8-9,16H,4-7H2,(H,17,18)/t8-,9+. The van der Waals surface area contributed by atoms with Gasteiger partial charge in [-0.3, -0.25) is 4.79 Å². The highest BCUT2D eigenvalue weighted by atomic mass is 35.5. The second kappa shape index (κ2) is 4.46. The summed E-state index contributed by atoms with van der Waals surface area (Å²) < 4.78 is 0. The zero-order chi connectivity index (χ0) is 13.7. The fraction of sp³-hybridized carbons (Fsp3) is 0.429. The van der Waals surface area contributed by atoms with Crippen molar-refractivity contribution in [1.29, 1.82) is 0 Å². The van der Waals surface area contributed by atoms with Crippen molar-refractivity contribution in [2.45, 2.75) is 0 Å². The van der Waals surface area contributed by atoms with Crippen LogP contribution in [0.4, 0.5) is 0 Å². The number of benzene rings is 1. The first-order valence-electron chi connectivity index (χ1n) is 6.86. The van der Waals surface area contributed by atoms with E-state index in [1.165, 1.54) is 0 Å². The number of amides is 1. The molecule has 0 saturated carbocycles. The lowest BCUT2D eigenvalue weighted by atomic mass is 10.0. The van der Waals surface area contributed by atoms with Gasteiger partial charge in [-0.1, -0.05) is 11.6 Å². The van der Waals surface area contributed by atoms with Crippen molar-refractivity contribution in [3.8, 4) is 0 Å². The smallest absolute Gasteiger partial charge is 0.289 e. The lowest BCUT2D eigenvalue weighted by Crippen LogP contribution is -2.32. The molecule has 2 N–H and O–H groups in total. The maximum Gasteiger partial charge on any atom is 0.289 e. The predicted molar refractivity (Wildman–Crippen MR) is 76.9 cm³/mol. The number of aromatic amines is 1. The van der Waals surface area contributed by atoms with Crippen molar-refractivity contribution in [2.24, 2.45) is 11.8 Å². The molecule has 2 aromatic rings. The highest BCUT2D eigenvalue weighted by Crippen LogP contribution is 2.27. The van der Waals surface area contributed by atoms with Crippen LogP contribution in [0.2, 0.25) is 5.02 Å². The Hall–Kier alpha value is -1.59. The number of aromatic nitrogens is 2. The summed E-state index contributed by atoms with van der Waals surface area (Å²) >= 11 is 5.95. The quantitative estimate of drug-likeness (QED) is 0.837. The Morgan fingerprint density at radius 3 is 2.80 bits per heavy atom. The number of rotatable bonds is 1. The summed E-state index contributed by atoms with van der Waals surface area (Å²) in [5.74, 6) is 1.59. The number of carbonyl (C=O) groups is 1. The fourth-order valence-corrected chi connectivity index (χ4v) is 3.43. The van der Waals surface area contributed by atoms with E-state index in [0.717, 1.165) is 37.2 Å². The van der Waals surface area contributed by atoms with Gasteiger partial charge in [-0.25, -0.2) is 4.98 Å². The first-order valence-corrected chi connectivity index (χ1v) is 7.24. The number of H-pyrrole nitrogens is 1. The SMILES string of the molecule is O=C(c1nc2ccc(Cl)cc2[nH]1)N1C[C@H]2CNC[C@H]2C1. The Balaban J connectivity index is 1.61. The van der Waals surface area contributed by atoms with E-state index in [-0.39, 0.29) is 5.91 Å². The van der Waals surface area contributed by atoms with E-state index < -0.39 is 0 Å². The van der Waals surface area contributed by atoms with Gasteiger partial charge < -0.3 is 15.2 Å². The summed E-state index contributed by atoms with van der Waals surface area (Å²) in [7, 11) is 0. The van der Waals surface area contributed by atoms with Crippen LogP contribution in [0, 0.1) is 11.8 Å². The van der Waals surface area contributed by atoms with Crippen LogP contribution in [0.1, 0.15) is 10.6 Å². The minimum atomic E-state index is -0.00766. The summed E-state index contributed by atoms with van der Waals surface area (Å²) in [6.07, 6.45) is 0. The van der Waals surface area contributed by atoms with Crippen molar-refractivity contribution >= 4 is 28.5 Å². The molecule has 2 aliphatic rings. The number of likely N-dealkylation sites (tertiary alicyclic amines) is 1. The van der Waals surface area contributed by atoms with Crippen LogP contribution in [-0.2, 0) is 0 Å². The van der Waals surface area contributed by atoms with Crippen molar-refractivity contribution in [1.82, 2.24) is 20.2 Å². The van der Waals surface area contributed by atoms with Gasteiger partial charge >= 0.3 is 0 Å². The second-order valence-electron chi connectivity index (χ2n) is 5.64. The number of hydrogen-bond donors (Lipinski definition) is 2. The summed E-state index contributed by atoms with van der Waals surface area (Å²) in [6.45, 7) is 3.69. The molecule has 6 heteroatoms. The molecule has 1 aromatic carbocycles. The fourth-order valence-electron chi connectivity index (χ4n) is 3.25. The molecule has 2 fully saturated rings. The first kappa shape index (κ1) is 12.2. The maximum absolute atomic E-state index is 12.5. The lowest BCUT2D eigenvalue weighted by Gasteiger charge is -2.15. The highest BCUT2D eigenvalue weighted by Gasteiger charge is 2.38. The van der Waals surface area contributed by atoms with Gasteiger partial charge in [0.1, 0.15) is 0 Å². The minimum Gasteiger partial charge on any atom is -0.335 e. The first-order chi connectivity index (χ1) is 9.70. The molecule has 3 heterocycles. The van der Waals surface area contributed by atoms with Crippen molar-refractivity contribution in [2.75, 3.05) is 26.2 Å². The molecule has 4 rings (SSSR count). The largest absolute Gasteiger partial charge is 0.335 e. The van der Waals surface area contributed by atoms with Gasteiger partial charge in [0.15, 0.2) is 5.82 Å². The number of halogens is 1. The van der Waals surface area contributed by atoms with Gasteiger partial charge in [0.2, 0.25) is 0 Å². The second-order valence-corrected chi connectivity index (χ2v) is 6.07. The zero-order valence-corrected chi connectivity index (χ0v) is 11.7. The lowest BCUT2D eigenvalue weighted by molar-refractivity contribution is 0.0771. The summed E-state index contributed by atoms with van der Waals surface area (Å²) in [4.78, 5) is 21.9. The minimum absolute atomic E-state index is 0.00766. The summed E-state index contributed by atoms with van der Waals surface area (Å²) in [6, 6.07) is 5.40. The Labute approximate surface area is 121 Å². The molecule has 0 spiro atoms. The topological polar surface area (TPSA) is 61.0 Å². The van der Waals surface area contributed by atoms with Gasteiger partial charge in [0.25, 0.3) is 5.91 Å². The molecule has 1 amide bonds. The molecule has 20 heavy (non-hydrogen) atoms. The Morgan fingerprint density at radius 1 is 1.30 bits per heavy atom. The van der Waals surface area contributed by atoms with Gasteiger partial charge in [-0.2, -0.15) is 0 Å². The molecule has 104 valence electrons. The molecule has 1 aromatic heterocycles. The van der Waals surface area contributed by atoms with E-state index >= 15 is 0 Å². The average molecular weight is 291 g/mol. The van der Waals surface area contributed by atoms with Crippen LogP contribution in [-0.4, -0.2) is 47.0 Å². The monoisotopic (exact) mass is 290 g/mol. The number of nitrogens with zero attached hydrogens (tertiary/aromatic N) is 2. The molecule has 2 aliphatic heterocycles. The van der Waals surface area contributed by atoms with Crippen molar-refractivity contribution < 1.29 is 4.79 Å². The van der Waals surface area contributed by atoms with Crippen molar-refractivity contribution in [3.63, 3.8) is 0 Å². The molecule has 0 aliphatic carbocycles. The third-order valence-corrected chi connectivity index (χ3v) is 4.56. The molecule has 5 nitrogen and oxygen atoms in total. The zero-order valence-electron chi connectivity index (χ0n) is 10.9. The number of imidazole rings is 1. The third kappa shape index (κ3) is 1.89. The molecule has 0 bridgehead atoms. The molecular formula is C14H15ClN4O. The van der Waals surface area contributed by atoms with Crippen LogP contribution in [0.3, 0.4) is 0 Å². The van der Waals surface area contributed by atoms with E-state index in [4.69, 9.17) is 11.6 Å². The van der Waals surface area contributed by atoms with Crippen LogP contribution in [0.15, 0.2) is 18.2 Å². The van der Waals surface area contributed by atoms with Crippen LogP contribution < -0.4 is 5.32 Å². The summed E-state index contributed by atoms with van der Waals surface area (Å²) in [5.41, 5.74) is 1.58. The van der Waals surface area contributed by atoms with E-state index in [1.807, 2.05) is 11.0 Å². The molecule has 0 radical (unpaired) electrons. The van der Waals surface area contributed by atoms with Crippen LogP contribution in [0.5, 0.6) is 0 Å². The predicted octanol–water partition coefficient (Wildman–Crippen LogP) is 1.51.